The molecule has 1 aliphatic rings. The summed E-state index contributed by atoms with van der Waals surface area (Å²) in [5, 5.41) is 0. The fourth-order valence-electron chi connectivity index (χ4n) is 3.24. The van der Waals surface area contributed by atoms with Crippen LogP contribution in [0.3, 0.4) is 0 Å². The van der Waals surface area contributed by atoms with Gasteiger partial charge in [0.05, 0.1) is 11.4 Å². The Bertz CT molecular complexity index is 889. The SMILES string of the molecule is [B]c1ccc2c(c1)Oc1ccccc1N2c1ccc(CCCC)cc1. The van der Waals surface area contributed by atoms with E-state index < -0.39 is 0 Å². The Morgan fingerprint density at radius 1 is 0.880 bits per heavy atom. The zero-order chi connectivity index (χ0) is 17.2. The van der Waals surface area contributed by atoms with Gasteiger partial charge in [0.2, 0.25) is 0 Å². The van der Waals surface area contributed by atoms with Crippen LogP contribution >= 0.6 is 0 Å². The molecule has 3 heteroatoms. The Balaban J connectivity index is 1.78. The van der Waals surface area contributed by atoms with Crippen LogP contribution in [0.1, 0.15) is 25.3 Å². The van der Waals surface area contributed by atoms with Crippen LogP contribution in [-0.2, 0) is 6.42 Å². The molecule has 3 aromatic carbocycles. The monoisotopic (exact) mass is 325 g/mol. The van der Waals surface area contributed by atoms with Crippen LogP contribution in [0.25, 0.3) is 0 Å². The maximum atomic E-state index is 6.07. The van der Waals surface area contributed by atoms with Crippen molar-refractivity contribution in [3.05, 3.63) is 72.3 Å². The second-order valence-corrected chi connectivity index (χ2v) is 6.40. The fourth-order valence-corrected chi connectivity index (χ4v) is 3.24. The molecule has 0 spiro atoms. The summed E-state index contributed by atoms with van der Waals surface area (Å²) in [6.45, 7) is 2.22. The topological polar surface area (TPSA) is 12.5 Å². The molecule has 4 rings (SSSR count). The quantitative estimate of drug-likeness (QED) is 0.466. The maximum absolute atomic E-state index is 6.07. The molecule has 0 N–H and O–H groups in total. The first-order valence-electron chi connectivity index (χ1n) is 8.82. The standard InChI is InChI=1S/C22H20BNO/c1-2-3-6-16-9-12-18(13-10-16)24-19-7-4-5-8-21(19)25-22-15-17(23)11-14-20(22)24/h4-5,7-15H,2-3,6H2,1H3. The first kappa shape index (κ1) is 15.8. The van der Waals surface area contributed by atoms with E-state index in [2.05, 4.69) is 42.2 Å². The van der Waals surface area contributed by atoms with Crippen LogP contribution in [-0.4, -0.2) is 7.85 Å². The Morgan fingerprint density at radius 3 is 2.44 bits per heavy atom. The van der Waals surface area contributed by atoms with E-state index in [0.717, 1.165) is 35.0 Å². The molecule has 0 unspecified atom stereocenters. The third-order valence-corrected chi connectivity index (χ3v) is 4.56. The van der Waals surface area contributed by atoms with Gasteiger partial charge in [-0.25, -0.2) is 0 Å². The van der Waals surface area contributed by atoms with Gasteiger partial charge in [-0.3, -0.25) is 0 Å². The molecular formula is C22H20BNO. The van der Waals surface area contributed by atoms with Gasteiger partial charge in [-0.2, -0.15) is 0 Å². The summed E-state index contributed by atoms with van der Waals surface area (Å²) in [5.41, 5.74) is 5.26. The highest BCUT2D eigenvalue weighted by Crippen LogP contribution is 2.49. The van der Waals surface area contributed by atoms with Crippen molar-refractivity contribution in [3.63, 3.8) is 0 Å². The lowest BCUT2D eigenvalue weighted by molar-refractivity contribution is 0.477. The van der Waals surface area contributed by atoms with Gasteiger partial charge in [-0.15, -0.1) is 0 Å². The van der Waals surface area contributed by atoms with Gasteiger partial charge in [-0.05, 0) is 54.8 Å². The molecule has 3 aromatic rings. The van der Waals surface area contributed by atoms with E-state index in [4.69, 9.17) is 12.6 Å². The van der Waals surface area contributed by atoms with E-state index >= 15 is 0 Å². The van der Waals surface area contributed by atoms with E-state index in [0.29, 0.717) is 5.46 Å². The predicted molar refractivity (Wildman–Crippen MR) is 105 cm³/mol. The second-order valence-electron chi connectivity index (χ2n) is 6.40. The molecule has 1 heterocycles. The fraction of sp³-hybridized carbons (Fsp3) is 0.182. The highest BCUT2D eigenvalue weighted by atomic mass is 16.5. The summed E-state index contributed by atoms with van der Waals surface area (Å²) in [7, 11) is 5.95. The summed E-state index contributed by atoms with van der Waals surface area (Å²) < 4.78 is 6.07. The molecule has 2 nitrogen and oxygen atoms in total. The Kier molecular flexibility index (Phi) is 4.23. The number of ether oxygens (including phenoxy) is 1. The lowest BCUT2D eigenvalue weighted by Gasteiger charge is -2.33. The highest BCUT2D eigenvalue weighted by Gasteiger charge is 2.25. The third-order valence-electron chi connectivity index (χ3n) is 4.56. The van der Waals surface area contributed by atoms with Gasteiger partial charge < -0.3 is 9.64 Å². The molecule has 0 aromatic heterocycles. The minimum atomic E-state index is 0.702. The molecule has 25 heavy (non-hydrogen) atoms. The van der Waals surface area contributed by atoms with Crippen LogP contribution in [0.2, 0.25) is 0 Å². The predicted octanol–water partition coefficient (Wildman–Crippen LogP) is 5.40. The number of unbranched alkanes of at least 4 members (excludes halogenated alkanes) is 1. The van der Waals surface area contributed by atoms with E-state index in [-0.39, 0.29) is 0 Å². The van der Waals surface area contributed by atoms with Crippen molar-refractivity contribution >= 4 is 30.4 Å². The van der Waals surface area contributed by atoms with Crippen LogP contribution in [0.4, 0.5) is 17.1 Å². The zero-order valence-electron chi connectivity index (χ0n) is 14.4. The molecule has 0 atom stereocenters. The van der Waals surface area contributed by atoms with Gasteiger partial charge in [0.1, 0.15) is 7.85 Å². The van der Waals surface area contributed by atoms with Gasteiger partial charge in [0.15, 0.2) is 11.5 Å². The molecule has 0 aliphatic carbocycles. The average molecular weight is 325 g/mol. The molecule has 2 radical (unpaired) electrons. The average Bonchev–Trinajstić information content (AvgIpc) is 2.65. The van der Waals surface area contributed by atoms with Gasteiger partial charge >= 0.3 is 0 Å². The Hall–Kier alpha value is -2.68. The number of fused-ring (bicyclic) bond motifs is 2. The normalized spacial score (nSPS) is 12.3. The molecule has 1 aliphatic heterocycles. The van der Waals surface area contributed by atoms with Gasteiger partial charge in [-0.1, -0.05) is 49.1 Å². The summed E-state index contributed by atoms with van der Waals surface area (Å²) in [6.07, 6.45) is 3.57. The summed E-state index contributed by atoms with van der Waals surface area (Å²) in [4.78, 5) is 2.23. The van der Waals surface area contributed by atoms with Crippen LogP contribution in [0, 0.1) is 0 Å². The number of benzene rings is 3. The Labute approximate surface area is 150 Å². The van der Waals surface area contributed by atoms with E-state index in [9.17, 15) is 0 Å². The van der Waals surface area contributed by atoms with Crippen molar-refractivity contribution in [3.8, 4) is 11.5 Å². The van der Waals surface area contributed by atoms with Gasteiger partial charge in [0, 0.05) is 5.69 Å². The minimum absolute atomic E-state index is 0.702. The first-order valence-corrected chi connectivity index (χ1v) is 8.82. The zero-order valence-corrected chi connectivity index (χ0v) is 14.4. The maximum Gasteiger partial charge on any atom is 0.151 e. The van der Waals surface area contributed by atoms with Crippen LogP contribution < -0.4 is 15.1 Å². The second kappa shape index (κ2) is 6.68. The lowest BCUT2D eigenvalue weighted by atomic mass is 9.95. The summed E-state index contributed by atoms with van der Waals surface area (Å²) in [6, 6.07) is 22.7. The number of anilines is 3. The summed E-state index contributed by atoms with van der Waals surface area (Å²) >= 11 is 0. The van der Waals surface area contributed by atoms with Crippen molar-refractivity contribution in [2.24, 2.45) is 0 Å². The molecular weight excluding hydrogens is 305 g/mol. The van der Waals surface area contributed by atoms with E-state index in [1.165, 1.54) is 18.4 Å². The first-order chi connectivity index (χ1) is 12.3. The van der Waals surface area contributed by atoms with Crippen molar-refractivity contribution in [2.45, 2.75) is 26.2 Å². The number of nitrogens with zero attached hydrogens (tertiary/aromatic N) is 1. The largest absolute Gasteiger partial charge is 0.453 e. The molecule has 0 bridgehead atoms. The van der Waals surface area contributed by atoms with E-state index in [1.54, 1.807) is 0 Å². The molecule has 0 amide bonds. The molecule has 0 saturated carbocycles. The van der Waals surface area contributed by atoms with Crippen molar-refractivity contribution in [2.75, 3.05) is 4.90 Å². The number of hydrogen-bond donors (Lipinski definition) is 0. The van der Waals surface area contributed by atoms with E-state index in [1.807, 2.05) is 36.4 Å². The summed E-state index contributed by atoms with van der Waals surface area (Å²) in [5.74, 6) is 1.63. The highest BCUT2D eigenvalue weighted by molar-refractivity contribution is 6.32. The number of para-hydroxylation sites is 2. The number of aryl methyl sites for hydroxylation is 1. The lowest BCUT2D eigenvalue weighted by Crippen LogP contribution is -2.17. The van der Waals surface area contributed by atoms with Crippen LogP contribution in [0.5, 0.6) is 11.5 Å². The van der Waals surface area contributed by atoms with Crippen molar-refractivity contribution in [1.29, 1.82) is 0 Å². The van der Waals surface area contributed by atoms with Gasteiger partial charge in [0.25, 0.3) is 0 Å². The third kappa shape index (κ3) is 3.02. The minimum Gasteiger partial charge on any atom is -0.453 e. The van der Waals surface area contributed by atoms with Crippen molar-refractivity contribution < 1.29 is 4.74 Å². The van der Waals surface area contributed by atoms with Crippen molar-refractivity contribution in [1.82, 2.24) is 0 Å². The smallest absolute Gasteiger partial charge is 0.151 e. The number of rotatable bonds is 4. The molecule has 0 fully saturated rings. The molecule has 0 saturated heterocycles. The number of hydrogen-bond acceptors (Lipinski definition) is 2. The Morgan fingerprint density at radius 2 is 1.64 bits per heavy atom. The molecule has 122 valence electrons. The van der Waals surface area contributed by atoms with Crippen LogP contribution in [0.15, 0.2) is 66.7 Å².